The number of carbonyl (C=O) groups is 4. The number of hydrogen-bond donors (Lipinski definition) is 2. The maximum Gasteiger partial charge on any atom is 0.326 e. The summed E-state index contributed by atoms with van der Waals surface area (Å²) in [7, 11) is 0. The molecule has 1 heterocycles. The van der Waals surface area contributed by atoms with E-state index in [9.17, 15) is 24.3 Å². The van der Waals surface area contributed by atoms with Crippen molar-refractivity contribution in [1.29, 1.82) is 0 Å². The van der Waals surface area contributed by atoms with Gasteiger partial charge in [0.1, 0.15) is 6.04 Å². The highest BCUT2D eigenvalue weighted by Crippen LogP contribution is 2.19. The predicted molar refractivity (Wildman–Crippen MR) is 114 cm³/mol. The maximum absolute atomic E-state index is 13.0. The molecule has 7 nitrogen and oxygen atoms in total. The van der Waals surface area contributed by atoms with E-state index >= 15 is 0 Å². The normalized spacial score (nSPS) is 19.4. The number of carboxylic acid groups (broad SMARTS) is 1. The van der Waals surface area contributed by atoms with Gasteiger partial charge in [0, 0.05) is 26.3 Å². The maximum atomic E-state index is 13.0. The Hall–Kier alpha value is -3.48. The Morgan fingerprint density at radius 2 is 1.68 bits per heavy atom. The van der Waals surface area contributed by atoms with Gasteiger partial charge in [0.05, 0.1) is 6.04 Å². The van der Waals surface area contributed by atoms with Crippen LogP contribution in [-0.4, -0.2) is 52.2 Å². The fourth-order valence-corrected chi connectivity index (χ4v) is 3.61. The monoisotopic (exact) mass is 424 g/mol. The minimum atomic E-state index is -1.14. The largest absolute Gasteiger partial charge is 0.480 e. The second-order valence-corrected chi connectivity index (χ2v) is 7.47. The number of hydrogen-bond acceptors (Lipinski definition) is 4. The second-order valence-electron chi connectivity index (χ2n) is 7.47. The third-order valence-corrected chi connectivity index (χ3v) is 5.30. The van der Waals surface area contributed by atoms with Gasteiger partial charge in [-0.15, -0.1) is 0 Å². The molecule has 1 saturated heterocycles. The van der Waals surface area contributed by atoms with Crippen molar-refractivity contribution in [2.24, 2.45) is 0 Å². The van der Waals surface area contributed by atoms with Gasteiger partial charge >= 0.3 is 5.97 Å². The van der Waals surface area contributed by atoms with Gasteiger partial charge in [0.25, 0.3) is 5.91 Å². The Labute approximate surface area is 182 Å². The first-order chi connectivity index (χ1) is 15.3. The van der Waals surface area contributed by atoms with E-state index < -0.39 is 30.4 Å². The molecular weight excluding hydrogens is 396 g/mol. The van der Waals surface area contributed by atoms with Crippen LogP contribution in [0.3, 0.4) is 0 Å². The van der Waals surface area contributed by atoms with Crippen molar-refractivity contribution in [1.82, 2.24) is 10.2 Å². The summed E-state index contributed by atoms with van der Waals surface area (Å²) >= 11 is 0. The Bertz CT molecular complexity index is 967. The minimum absolute atomic E-state index is 0.0438. The van der Waals surface area contributed by atoms with Crippen molar-refractivity contribution in [3.05, 3.63) is 71.8 Å². The van der Waals surface area contributed by atoms with Crippen LogP contribution in [0.2, 0.25) is 0 Å². The molecule has 3 atom stereocenters. The van der Waals surface area contributed by atoms with E-state index in [-0.39, 0.29) is 43.9 Å². The summed E-state index contributed by atoms with van der Waals surface area (Å²) < 4.78 is 7.78. The quantitative estimate of drug-likeness (QED) is 0.644. The number of nitrogens with zero attached hydrogens (tertiary/aromatic N) is 1. The molecule has 1 fully saturated rings. The number of likely N-dealkylation sites (tertiary alicyclic amines) is 1. The van der Waals surface area contributed by atoms with Crippen molar-refractivity contribution in [3.8, 4) is 0 Å². The van der Waals surface area contributed by atoms with Crippen molar-refractivity contribution in [2.45, 2.75) is 44.2 Å². The van der Waals surface area contributed by atoms with E-state index in [1.54, 1.807) is 30.3 Å². The van der Waals surface area contributed by atoms with Crippen LogP contribution in [0.5, 0.6) is 0 Å². The molecule has 0 radical (unpaired) electrons. The molecule has 1 unspecified atom stereocenters. The highest BCUT2D eigenvalue weighted by molar-refractivity contribution is 5.98. The third kappa shape index (κ3) is 6.01. The van der Waals surface area contributed by atoms with E-state index in [1.807, 2.05) is 30.3 Å². The fraction of sp³-hybridized carbons (Fsp3) is 0.333. The molecule has 1 aliphatic heterocycles. The van der Waals surface area contributed by atoms with E-state index in [1.165, 1.54) is 4.90 Å². The number of benzene rings is 2. The first-order valence-corrected chi connectivity index (χ1v) is 10.2. The summed E-state index contributed by atoms with van der Waals surface area (Å²) in [5.74, 6) is -2.29. The molecule has 2 N–H and O–H groups in total. The number of carboxylic acids is 1. The van der Waals surface area contributed by atoms with Crippen LogP contribution in [-0.2, 0) is 20.8 Å². The zero-order valence-corrected chi connectivity index (χ0v) is 17.1. The first kappa shape index (κ1) is 20.8. The Balaban J connectivity index is 1.67. The molecule has 2 amide bonds. The number of ketones is 1. The summed E-state index contributed by atoms with van der Waals surface area (Å²) in [5.41, 5.74) is 1.30. The summed E-state index contributed by atoms with van der Waals surface area (Å²) in [6.45, 7) is 0.0438. The standard InChI is InChI=1S/C24H26N2O5/c27-21(13-14-22(28)26-15-7-12-20(26)24(30)31)19(16-17-8-3-1-4-9-17)25-23(29)18-10-5-2-6-11-18/h1-6,8-11,19-20H,7,12-16H2,(H,25,29)(H,30,31)/t19-,20-/m0/s1/i7T/t7?,19-,20-. The number of rotatable bonds is 9. The van der Waals surface area contributed by atoms with Gasteiger partial charge in [0.2, 0.25) is 5.91 Å². The van der Waals surface area contributed by atoms with Gasteiger partial charge in [-0.3, -0.25) is 14.4 Å². The lowest BCUT2D eigenvalue weighted by Gasteiger charge is -2.22. The van der Waals surface area contributed by atoms with Crippen LogP contribution in [0.25, 0.3) is 0 Å². The molecule has 2 aromatic carbocycles. The fourth-order valence-electron chi connectivity index (χ4n) is 3.61. The van der Waals surface area contributed by atoms with E-state index in [0.717, 1.165) is 5.56 Å². The summed E-state index contributed by atoms with van der Waals surface area (Å²) in [6.07, 6.45) is -0.577. The van der Waals surface area contributed by atoms with E-state index in [2.05, 4.69) is 5.32 Å². The van der Waals surface area contributed by atoms with Gasteiger partial charge in [-0.1, -0.05) is 48.5 Å². The Morgan fingerprint density at radius 1 is 1.03 bits per heavy atom. The van der Waals surface area contributed by atoms with Crippen LogP contribution >= 0.6 is 0 Å². The zero-order chi connectivity index (χ0) is 23.1. The summed E-state index contributed by atoms with van der Waals surface area (Å²) in [6, 6.07) is 16.0. The summed E-state index contributed by atoms with van der Waals surface area (Å²) in [4.78, 5) is 50.7. The Kier molecular flexibility index (Phi) is 7.05. The molecule has 0 saturated carbocycles. The molecule has 0 spiro atoms. The lowest BCUT2D eigenvalue weighted by molar-refractivity contribution is -0.148. The van der Waals surface area contributed by atoms with Gasteiger partial charge < -0.3 is 15.3 Å². The summed E-state index contributed by atoms with van der Waals surface area (Å²) in [5, 5.41) is 12.1. The minimum Gasteiger partial charge on any atom is -0.480 e. The SMILES string of the molecule is [3H]C1C[C@@H](C(=O)O)N(C(=O)CCC(=O)[C@H](Cc2ccccc2)NC(=O)c2ccccc2)C1. The molecule has 1 aliphatic rings. The molecule has 3 rings (SSSR count). The highest BCUT2D eigenvalue weighted by Gasteiger charge is 2.34. The van der Waals surface area contributed by atoms with Crippen LogP contribution in [0.15, 0.2) is 60.7 Å². The second kappa shape index (κ2) is 10.5. The lowest BCUT2D eigenvalue weighted by Crippen LogP contribution is -2.44. The number of nitrogens with one attached hydrogen (secondary N) is 1. The zero-order valence-electron chi connectivity index (χ0n) is 18.1. The molecule has 7 heteroatoms. The number of aliphatic carboxylic acids is 1. The molecule has 0 aliphatic carbocycles. The van der Waals surface area contributed by atoms with E-state index in [4.69, 9.17) is 1.37 Å². The Morgan fingerprint density at radius 3 is 2.32 bits per heavy atom. The van der Waals surface area contributed by atoms with Crippen molar-refractivity contribution >= 4 is 23.6 Å². The molecule has 31 heavy (non-hydrogen) atoms. The van der Waals surface area contributed by atoms with E-state index in [0.29, 0.717) is 5.56 Å². The highest BCUT2D eigenvalue weighted by atomic mass is 16.4. The average molecular weight is 424 g/mol. The van der Waals surface area contributed by atoms with Crippen LogP contribution in [0.4, 0.5) is 0 Å². The number of Topliss-reactive ketones (excluding diaryl/α,β-unsaturated/α-hetero) is 1. The van der Waals surface area contributed by atoms with Gasteiger partial charge in [-0.2, -0.15) is 0 Å². The van der Waals surface area contributed by atoms with Gasteiger partial charge in [-0.05, 0) is 36.9 Å². The number of amides is 2. The van der Waals surface area contributed by atoms with Crippen molar-refractivity contribution in [2.75, 3.05) is 6.54 Å². The first-order valence-electron chi connectivity index (χ1n) is 10.8. The van der Waals surface area contributed by atoms with Crippen LogP contribution < -0.4 is 5.32 Å². The van der Waals surface area contributed by atoms with Gasteiger partial charge in [0.15, 0.2) is 5.78 Å². The average Bonchev–Trinajstić information content (AvgIpc) is 3.20. The van der Waals surface area contributed by atoms with Crippen molar-refractivity contribution in [3.63, 3.8) is 0 Å². The number of carbonyl (C=O) groups excluding carboxylic acids is 3. The molecular formula is C24H26N2O5. The van der Waals surface area contributed by atoms with Gasteiger partial charge in [-0.25, -0.2) is 4.79 Å². The smallest absolute Gasteiger partial charge is 0.326 e. The molecule has 0 aromatic heterocycles. The van der Waals surface area contributed by atoms with Crippen LogP contribution in [0.1, 0.15) is 43.0 Å². The van der Waals surface area contributed by atoms with Crippen molar-refractivity contribution < 1.29 is 25.7 Å². The molecule has 162 valence electrons. The third-order valence-electron chi connectivity index (χ3n) is 5.30. The molecule has 0 bridgehead atoms. The lowest BCUT2D eigenvalue weighted by atomic mass is 9.98. The molecule has 2 aromatic rings. The predicted octanol–water partition coefficient (Wildman–Crippen LogP) is 2.45. The topological polar surface area (TPSA) is 104 Å². The van der Waals surface area contributed by atoms with Crippen LogP contribution in [0, 0.1) is 0 Å².